The zero-order chi connectivity index (χ0) is 16.5. The number of halogens is 1. The van der Waals surface area contributed by atoms with E-state index < -0.39 is 11.8 Å². The van der Waals surface area contributed by atoms with Crippen molar-refractivity contribution in [3.8, 4) is 6.07 Å². The lowest BCUT2D eigenvalue weighted by Gasteiger charge is -2.04. The summed E-state index contributed by atoms with van der Waals surface area (Å²) in [4.78, 5) is 22.8. The Hall–Kier alpha value is -2.74. The Balaban J connectivity index is 2.69. The number of nitriles is 1. The van der Waals surface area contributed by atoms with Gasteiger partial charge in [0.2, 0.25) is 0 Å². The van der Waals surface area contributed by atoms with E-state index in [1.54, 1.807) is 13.0 Å². The van der Waals surface area contributed by atoms with Crippen LogP contribution >= 0.6 is 0 Å². The molecule has 0 saturated heterocycles. The summed E-state index contributed by atoms with van der Waals surface area (Å²) in [5, 5.41) is 8.31. The number of esters is 1. The minimum absolute atomic E-state index is 0.0238. The quantitative estimate of drug-likeness (QED) is 0.441. The van der Waals surface area contributed by atoms with Crippen LogP contribution in [0.2, 0.25) is 0 Å². The summed E-state index contributed by atoms with van der Waals surface area (Å²) in [5.41, 5.74) is 1.13. The molecule has 5 heteroatoms. The average Bonchev–Trinajstić information content (AvgIpc) is 2.47. The van der Waals surface area contributed by atoms with Crippen molar-refractivity contribution in [1.29, 1.82) is 5.26 Å². The van der Waals surface area contributed by atoms with Gasteiger partial charge in [-0.05, 0) is 35.8 Å². The second-order valence-corrected chi connectivity index (χ2v) is 4.64. The molecule has 114 valence electrons. The fourth-order valence-corrected chi connectivity index (χ4v) is 1.54. The molecule has 0 bridgehead atoms. The Morgan fingerprint density at radius 1 is 1.45 bits per heavy atom. The van der Waals surface area contributed by atoms with Crippen LogP contribution in [0.5, 0.6) is 0 Å². The molecule has 22 heavy (non-hydrogen) atoms. The van der Waals surface area contributed by atoms with E-state index in [1.165, 1.54) is 18.2 Å². The topological polar surface area (TPSA) is 67.2 Å². The number of ether oxygens (including phenoxy) is 1. The molecule has 0 unspecified atom stereocenters. The van der Waals surface area contributed by atoms with Crippen molar-refractivity contribution in [2.24, 2.45) is 0 Å². The minimum Gasteiger partial charge on any atom is -0.461 e. The number of Topliss-reactive ketones (excluding diaryl/α,β-unsaturated/α-hetero) is 1. The molecule has 4 nitrogen and oxygen atoms in total. The van der Waals surface area contributed by atoms with Gasteiger partial charge in [-0.15, -0.1) is 0 Å². The second kappa shape index (κ2) is 8.53. The van der Waals surface area contributed by atoms with E-state index in [4.69, 9.17) is 10.00 Å². The normalized spacial score (nSPS) is 10.2. The number of rotatable bonds is 7. The number of ketones is 1. The Labute approximate surface area is 128 Å². The second-order valence-electron chi connectivity index (χ2n) is 4.64. The first-order valence-corrected chi connectivity index (χ1v) is 6.63. The molecule has 1 aromatic carbocycles. The van der Waals surface area contributed by atoms with Crippen LogP contribution in [0.4, 0.5) is 4.39 Å². The van der Waals surface area contributed by atoms with E-state index in [0.29, 0.717) is 11.1 Å². The number of hydrogen-bond acceptors (Lipinski definition) is 4. The molecule has 0 N–H and O–H groups in total. The van der Waals surface area contributed by atoms with Gasteiger partial charge in [0.05, 0.1) is 12.5 Å². The molecule has 0 aliphatic rings. The first kappa shape index (κ1) is 17.3. The fraction of sp³-hybridized carbons (Fsp3) is 0.235. The summed E-state index contributed by atoms with van der Waals surface area (Å²) in [5.74, 6) is -1.34. The monoisotopic (exact) mass is 301 g/mol. The first-order valence-electron chi connectivity index (χ1n) is 6.63. The number of allylic oxidation sites excluding steroid dienone is 1. The van der Waals surface area contributed by atoms with Crippen molar-refractivity contribution in [1.82, 2.24) is 0 Å². The minimum atomic E-state index is -0.600. The number of carbonyl (C=O) groups is 2. The molecule has 0 heterocycles. The summed E-state index contributed by atoms with van der Waals surface area (Å²) >= 11 is 0. The van der Waals surface area contributed by atoms with Crippen LogP contribution in [0.3, 0.4) is 0 Å². The lowest BCUT2D eigenvalue weighted by Crippen LogP contribution is -2.05. The summed E-state index contributed by atoms with van der Waals surface area (Å²) in [6, 6.07) is 6.18. The van der Waals surface area contributed by atoms with E-state index in [9.17, 15) is 14.0 Å². The summed E-state index contributed by atoms with van der Waals surface area (Å²) in [6.07, 6.45) is 2.65. The maximum Gasteiger partial charge on any atom is 0.330 e. The van der Waals surface area contributed by atoms with E-state index >= 15 is 0 Å². The van der Waals surface area contributed by atoms with Crippen LogP contribution in [-0.4, -0.2) is 18.4 Å². The summed E-state index contributed by atoms with van der Waals surface area (Å²) < 4.78 is 18.6. The summed E-state index contributed by atoms with van der Waals surface area (Å²) in [7, 11) is 0. The van der Waals surface area contributed by atoms with Gasteiger partial charge < -0.3 is 4.74 Å². The Morgan fingerprint density at radius 2 is 2.18 bits per heavy atom. The maximum absolute atomic E-state index is 13.9. The standard InChI is InChI=1S/C17H16FNO3/c1-12(2)16(20)11-14-6-4-13(10-15(14)18)5-7-17(21)22-9-3-8-19/h4-7,10H,1,3,9,11H2,2H3/b7-5+. The molecule has 0 aliphatic heterocycles. The third-order valence-electron chi connectivity index (χ3n) is 2.77. The highest BCUT2D eigenvalue weighted by molar-refractivity contribution is 5.95. The number of benzene rings is 1. The molecule has 0 aliphatic carbocycles. The maximum atomic E-state index is 13.9. The van der Waals surface area contributed by atoms with Crippen LogP contribution in [0.15, 0.2) is 36.4 Å². The molecular formula is C17H16FNO3. The zero-order valence-electron chi connectivity index (χ0n) is 12.3. The SMILES string of the molecule is C=C(C)C(=O)Cc1ccc(/C=C/C(=O)OCCC#N)cc1F. The van der Waals surface area contributed by atoms with E-state index in [0.717, 1.165) is 6.08 Å². The van der Waals surface area contributed by atoms with Crippen molar-refractivity contribution in [3.63, 3.8) is 0 Å². The number of hydrogen-bond donors (Lipinski definition) is 0. The largest absolute Gasteiger partial charge is 0.461 e. The van der Waals surface area contributed by atoms with Gasteiger partial charge in [-0.25, -0.2) is 9.18 Å². The molecule has 0 atom stereocenters. The van der Waals surface area contributed by atoms with E-state index in [2.05, 4.69) is 6.58 Å². The van der Waals surface area contributed by atoms with Gasteiger partial charge in [0.15, 0.2) is 5.78 Å². The van der Waals surface area contributed by atoms with Crippen LogP contribution in [0, 0.1) is 17.1 Å². The van der Waals surface area contributed by atoms with Crippen molar-refractivity contribution in [2.45, 2.75) is 19.8 Å². The van der Waals surface area contributed by atoms with Gasteiger partial charge in [0, 0.05) is 12.5 Å². The van der Waals surface area contributed by atoms with E-state index in [-0.39, 0.29) is 30.8 Å². The van der Waals surface area contributed by atoms with Gasteiger partial charge in [-0.2, -0.15) is 5.26 Å². The Kier molecular flexibility index (Phi) is 6.71. The van der Waals surface area contributed by atoms with Gasteiger partial charge in [0.1, 0.15) is 12.4 Å². The number of nitrogens with zero attached hydrogens (tertiary/aromatic N) is 1. The van der Waals surface area contributed by atoms with Gasteiger partial charge in [-0.1, -0.05) is 18.7 Å². The molecule has 0 fully saturated rings. The Bertz CT molecular complexity index is 656. The van der Waals surface area contributed by atoms with Crippen molar-refractivity contribution in [3.05, 3.63) is 53.4 Å². The van der Waals surface area contributed by atoms with Gasteiger partial charge in [-0.3, -0.25) is 4.79 Å². The van der Waals surface area contributed by atoms with Crippen LogP contribution in [0.1, 0.15) is 24.5 Å². The number of carbonyl (C=O) groups excluding carboxylic acids is 2. The van der Waals surface area contributed by atoms with Crippen molar-refractivity contribution in [2.75, 3.05) is 6.61 Å². The first-order chi connectivity index (χ1) is 10.4. The van der Waals surface area contributed by atoms with Crippen molar-refractivity contribution < 1.29 is 18.7 Å². The molecule has 1 rings (SSSR count). The fourth-order valence-electron chi connectivity index (χ4n) is 1.54. The van der Waals surface area contributed by atoms with Crippen LogP contribution in [0.25, 0.3) is 6.08 Å². The lowest BCUT2D eigenvalue weighted by atomic mass is 10.0. The molecule has 0 radical (unpaired) electrons. The van der Waals surface area contributed by atoms with Gasteiger partial charge in [0.25, 0.3) is 0 Å². The highest BCUT2D eigenvalue weighted by Gasteiger charge is 2.09. The molecule has 0 amide bonds. The third kappa shape index (κ3) is 5.71. The molecule has 0 aromatic heterocycles. The molecule has 0 spiro atoms. The van der Waals surface area contributed by atoms with Crippen LogP contribution in [-0.2, 0) is 20.7 Å². The average molecular weight is 301 g/mol. The predicted octanol–water partition coefficient (Wildman–Crippen LogP) is 2.98. The predicted molar refractivity (Wildman–Crippen MR) is 80.1 cm³/mol. The van der Waals surface area contributed by atoms with E-state index in [1.807, 2.05) is 6.07 Å². The molecule has 1 aromatic rings. The third-order valence-corrected chi connectivity index (χ3v) is 2.77. The smallest absolute Gasteiger partial charge is 0.330 e. The molecule has 0 saturated carbocycles. The lowest BCUT2D eigenvalue weighted by molar-refractivity contribution is -0.137. The highest BCUT2D eigenvalue weighted by atomic mass is 19.1. The van der Waals surface area contributed by atoms with Crippen LogP contribution < -0.4 is 0 Å². The highest BCUT2D eigenvalue weighted by Crippen LogP contribution is 2.14. The zero-order valence-corrected chi connectivity index (χ0v) is 12.3. The summed E-state index contributed by atoms with van der Waals surface area (Å²) in [6.45, 7) is 5.13. The molecular weight excluding hydrogens is 285 g/mol. The van der Waals surface area contributed by atoms with Gasteiger partial charge >= 0.3 is 5.97 Å². The van der Waals surface area contributed by atoms with Crippen molar-refractivity contribution >= 4 is 17.8 Å². The Morgan fingerprint density at radius 3 is 2.77 bits per heavy atom.